The fourth-order valence-corrected chi connectivity index (χ4v) is 3.56. The molecule has 1 fully saturated rings. The van der Waals surface area contributed by atoms with Crippen LogP contribution in [0.4, 0.5) is 0 Å². The Bertz CT molecular complexity index is 347. The van der Waals surface area contributed by atoms with Gasteiger partial charge in [-0.15, -0.1) is 0 Å². The SMILES string of the molecule is CC(C)(CC(=O)O)NC1CCS(=O)(=O)C1. The molecule has 2 N–H and O–H groups in total. The monoisotopic (exact) mass is 235 g/mol. The van der Waals surface area contributed by atoms with E-state index in [1.165, 1.54) is 0 Å². The van der Waals surface area contributed by atoms with Gasteiger partial charge in [-0.05, 0) is 20.3 Å². The summed E-state index contributed by atoms with van der Waals surface area (Å²) in [7, 11) is -2.91. The summed E-state index contributed by atoms with van der Waals surface area (Å²) < 4.78 is 22.4. The van der Waals surface area contributed by atoms with E-state index in [0.717, 1.165) is 0 Å². The molecule has 1 saturated heterocycles. The number of carbonyl (C=O) groups is 1. The van der Waals surface area contributed by atoms with E-state index < -0.39 is 21.3 Å². The average Bonchev–Trinajstić information content (AvgIpc) is 2.25. The summed E-state index contributed by atoms with van der Waals surface area (Å²) >= 11 is 0. The van der Waals surface area contributed by atoms with Crippen molar-refractivity contribution in [3.8, 4) is 0 Å². The highest BCUT2D eigenvalue weighted by molar-refractivity contribution is 7.91. The van der Waals surface area contributed by atoms with Crippen LogP contribution in [0.1, 0.15) is 26.7 Å². The summed E-state index contributed by atoms with van der Waals surface area (Å²) in [6, 6.07) is -0.107. The Morgan fingerprint density at radius 3 is 2.53 bits per heavy atom. The van der Waals surface area contributed by atoms with Crippen molar-refractivity contribution in [2.75, 3.05) is 11.5 Å². The molecular formula is C9H17NO4S. The number of carboxylic acid groups (broad SMARTS) is 1. The molecule has 0 aromatic rings. The molecule has 0 bridgehead atoms. The maximum absolute atomic E-state index is 11.2. The molecule has 0 spiro atoms. The second kappa shape index (κ2) is 4.09. The van der Waals surface area contributed by atoms with Crippen LogP contribution in [0.2, 0.25) is 0 Å². The van der Waals surface area contributed by atoms with E-state index in [0.29, 0.717) is 6.42 Å². The predicted molar refractivity (Wildman–Crippen MR) is 56.5 cm³/mol. The topological polar surface area (TPSA) is 83.5 Å². The summed E-state index contributed by atoms with van der Waals surface area (Å²) in [5.41, 5.74) is -0.559. The third-order valence-corrected chi connectivity index (χ3v) is 4.19. The van der Waals surface area contributed by atoms with Crippen LogP contribution in [0.5, 0.6) is 0 Å². The highest BCUT2D eigenvalue weighted by Gasteiger charge is 2.32. The zero-order chi connectivity index (χ0) is 11.7. The van der Waals surface area contributed by atoms with Crippen molar-refractivity contribution in [3.63, 3.8) is 0 Å². The van der Waals surface area contributed by atoms with Crippen LogP contribution in [-0.2, 0) is 14.6 Å². The Morgan fingerprint density at radius 2 is 2.13 bits per heavy atom. The average molecular weight is 235 g/mol. The quantitative estimate of drug-likeness (QED) is 0.717. The van der Waals surface area contributed by atoms with Crippen molar-refractivity contribution in [3.05, 3.63) is 0 Å². The molecular weight excluding hydrogens is 218 g/mol. The molecule has 1 aliphatic rings. The molecule has 0 amide bonds. The fraction of sp³-hybridized carbons (Fsp3) is 0.889. The van der Waals surface area contributed by atoms with Gasteiger partial charge < -0.3 is 10.4 Å². The summed E-state index contributed by atoms with van der Waals surface area (Å²) in [5.74, 6) is -0.558. The van der Waals surface area contributed by atoms with E-state index in [1.54, 1.807) is 13.8 Å². The highest BCUT2D eigenvalue weighted by atomic mass is 32.2. The van der Waals surface area contributed by atoms with Crippen LogP contribution >= 0.6 is 0 Å². The molecule has 1 atom stereocenters. The first-order valence-electron chi connectivity index (χ1n) is 4.90. The Hall–Kier alpha value is -0.620. The Morgan fingerprint density at radius 1 is 1.53 bits per heavy atom. The highest BCUT2D eigenvalue weighted by Crippen LogP contribution is 2.17. The van der Waals surface area contributed by atoms with Crippen molar-refractivity contribution in [1.82, 2.24) is 5.32 Å². The summed E-state index contributed by atoms with van der Waals surface area (Å²) in [6.45, 7) is 3.54. The van der Waals surface area contributed by atoms with Gasteiger partial charge in [0.1, 0.15) is 0 Å². The van der Waals surface area contributed by atoms with Gasteiger partial charge in [-0.3, -0.25) is 4.79 Å². The van der Waals surface area contributed by atoms with Crippen LogP contribution in [0.25, 0.3) is 0 Å². The zero-order valence-corrected chi connectivity index (χ0v) is 9.80. The summed E-state index contributed by atoms with van der Waals surface area (Å²) in [6.07, 6.45) is 0.564. The number of sulfone groups is 1. The largest absolute Gasteiger partial charge is 0.481 e. The minimum Gasteiger partial charge on any atom is -0.481 e. The smallest absolute Gasteiger partial charge is 0.305 e. The first kappa shape index (κ1) is 12.4. The molecule has 0 saturated carbocycles. The maximum atomic E-state index is 11.2. The van der Waals surface area contributed by atoms with Gasteiger partial charge in [-0.1, -0.05) is 0 Å². The number of hydrogen-bond donors (Lipinski definition) is 2. The number of hydrogen-bond acceptors (Lipinski definition) is 4. The molecule has 0 radical (unpaired) electrons. The van der Waals surface area contributed by atoms with E-state index in [9.17, 15) is 13.2 Å². The lowest BCUT2D eigenvalue weighted by atomic mass is 9.99. The van der Waals surface area contributed by atoms with Crippen LogP contribution in [-0.4, -0.2) is 42.6 Å². The molecule has 5 nitrogen and oxygen atoms in total. The molecule has 1 unspecified atom stereocenters. The first-order valence-corrected chi connectivity index (χ1v) is 6.72. The van der Waals surface area contributed by atoms with Crippen LogP contribution < -0.4 is 5.32 Å². The van der Waals surface area contributed by atoms with Gasteiger partial charge in [-0.2, -0.15) is 0 Å². The Labute approximate surface area is 89.8 Å². The molecule has 1 rings (SSSR count). The van der Waals surface area contributed by atoms with Crippen molar-refractivity contribution in [1.29, 1.82) is 0 Å². The molecule has 1 heterocycles. The van der Waals surface area contributed by atoms with Gasteiger partial charge in [0, 0.05) is 11.6 Å². The molecule has 1 aliphatic heterocycles. The van der Waals surface area contributed by atoms with Crippen molar-refractivity contribution >= 4 is 15.8 Å². The fourth-order valence-electron chi connectivity index (χ4n) is 1.89. The molecule has 15 heavy (non-hydrogen) atoms. The van der Waals surface area contributed by atoms with Crippen LogP contribution in [0.3, 0.4) is 0 Å². The third kappa shape index (κ3) is 4.17. The molecule has 0 aromatic heterocycles. The number of carboxylic acids is 1. The normalized spacial score (nSPS) is 25.3. The standard InChI is InChI=1S/C9H17NO4S/c1-9(2,5-8(11)12)10-7-3-4-15(13,14)6-7/h7,10H,3-6H2,1-2H3,(H,11,12). The maximum Gasteiger partial charge on any atom is 0.305 e. The Balaban J connectivity index is 2.52. The summed E-state index contributed by atoms with van der Waals surface area (Å²) in [4.78, 5) is 10.6. The van der Waals surface area contributed by atoms with Gasteiger partial charge in [0.05, 0.1) is 17.9 Å². The van der Waals surface area contributed by atoms with Gasteiger partial charge in [0.15, 0.2) is 9.84 Å². The number of nitrogens with one attached hydrogen (secondary N) is 1. The van der Waals surface area contributed by atoms with E-state index in [1.807, 2.05) is 0 Å². The lowest BCUT2D eigenvalue weighted by Crippen LogP contribution is -2.47. The van der Waals surface area contributed by atoms with E-state index in [4.69, 9.17) is 5.11 Å². The van der Waals surface area contributed by atoms with Crippen LogP contribution in [0.15, 0.2) is 0 Å². The lowest BCUT2D eigenvalue weighted by Gasteiger charge is -2.27. The second-order valence-electron chi connectivity index (χ2n) is 4.70. The van der Waals surface area contributed by atoms with Crippen molar-refractivity contribution in [2.24, 2.45) is 0 Å². The first-order chi connectivity index (χ1) is 6.70. The van der Waals surface area contributed by atoms with Gasteiger partial charge in [-0.25, -0.2) is 8.42 Å². The second-order valence-corrected chi connectivity index (χ2v) is 6.93. The van der Waals surface area contributed by atoms with Gasteiger partial charge in [0.25, 0.3) is 0 Å². The molecule has 0 aliphatic carbocycles. The lowest BCUT2D eigenvalue weighted by molar-refractivity contribution is -0.138. The van der Waals surface area contributed by atoms with E-state index in [2.05, 4.69) is 5.32 Å². The summed E-state index contributed by atoms with van der Waals surface area (Å²) in [5, 5.41) is 11.7. The third-order valence-electron chi connectivity index (χ3n) is 2.42. The van der Waals surface area contributed by atoms with E-state index >= 15 is 0 Å². The molecule has 0 aromatic carbocycles. The van der Waals surface area contributed by atoms with Gasteiger partial charge >= 0.3 is 5.97 Å². The van der Waals surface area contributed by atoms with Crippen molar-refractivity contribution in [2.45, 2.75) is 38.3 Å². The number of rotatable bonds is 4. The van der Waals surface area contributed by atoms with Crippen molar-refractivity contribution < 1.29 is 18.3 Å². The van der Waals surface area contributed by atoms with Gasteiger partial charge in [0.2, 0.25) is 0 Å². The molecule has 6 heteroatoms. The van der Waals surface area contributed by atoms with E-state index in [-0.39, 0.29) is 24.0 Å². The number of aliphatic carboxylic acids is 1. The predicted octanol–water partition coefficient (Wildman–Crippen LogP) is 0.0164. The molecule has 88 valence electrons. The zero-order valence-electron chi connectivity index (χ0n) is 8.99. The minimum absolute atomic E-state index is 0.0104. The van der Waals surface area contributed by atoms with Crippen LogP contribution in [0, 0.1) is 0 Å². The minimum atomic E-state index is -2.91. The Kier molecular flexibility index (Phi) is 3.40.